The van der Waals surface area contributed by atoms with E-state index in [-0.39, 0.29) is 23.2 Å². The van der Waals surface area contributed by atoms with Crippen molar-refractivity contribution >= 4 is 29.7 Å². The molecule has 2 atom stereocenters. The van der Waals surface area contributed by atoms with Gasteiger partial charge in [0, 0.05) is 49.7 Å². The summed E-state index contributed by atoms with van der Waals surface area (Å²) in [5, 5.41) is 3.38. The maximum atomic E-state index is 12.3. The van der Waals surface area contributed by atoms with Crippen LogP contribution in [0.3, 0.4) is 0 Å². The lowest BCUT2D eigenvalue weighted by Crippen LogP contribution is -2.33. The molecule has 1 N–H and O–H groups in total. The monoisotopic (exact) mass is 331 g/mol. The number of nitrogens with zero attached hydrogens (tertiary/aromatic N) is 2. The lowest BCUT2D eigenvalue weighted by molar-refractivity contribution is -0.130. The van der Waals surface area contributed by atoms with Gasteiger partial charge in [-0.3, -0.25) is 9.59 Å². The average molecular weight is 332 g/mol. The van der Waals surface area contributed by atoms with Crippen molar-refractivity contribution in [2.75, 3.05) is 26.2 Å². The van der Waals surface area contributed by atoms with Gasteiger partial charge in [-0.1, -0.05) is 11.3 Å². The summed E-state index contributed by atoms with van der Waals surface area (Å²) in [6.07, 6.45) is 0.434. The Morgan fingerprint density at radius 3 is 2.43 bits per heavy atom. The van der Waals surface area contributed by atoms with Crippen LogP contribution < -0.4 is 10.2 Å². The highest BCUT2D eigenvalue weighted by Gasteiger charge is 2.37. The van der Waals surface area contributed by atoms with Gasteiger partial charge in [0.1, 0.15) is 0 Å². The van der Waals surface area contributed by atoms with E-state index in [0.29, 0.717) is 24.8 Å². The highest BCUT2D eigenvalue weighted by molar-refractivity contribution is 7.09. The molecular weight excluding hydrogens is 310 g/mol. The Hall–Kier alpha value is -0.850. The second-order valence-corrected chi connectivity index (χ2v) is 7.05. The third-order valence-corrected chi connectivity index (χ3v) is 5.66. The van der Waals surface area contributed by atoms with Gasteiger partial charge in [0.05, 0.1) is 0 Å². The Kier molecular flexibility index (Phi) is 5.11. The van der Waals surface area contributed by atoms with Crippen LogP contribution in [0.2, 0.25) is 0 Å². The van der Waals surface area contributed by atoms with Crippen LogP contribution in [0.1, 0.15) is 17.0 Å². The number of carbonyl (C=O) groups is 1. The van der Waals surface area contributed by atoms with Gasteiger partial charge in [-0.2, -0.15) is 0 Å². The average Bonchev–Trinajstić information content (AvgIpc) is 3.03. The quantitative estimate of drug-likeness (QED) is 0.899. The first kappa shape index (κ1) is 16.5. The minimum absolute atomic E-state index is 0. The topological polar surface area (TPSA) is 54.3 Å². The fourth-order valence-corrected chi connectivity index (χ4v) is 4.13. The zero-order valence-corrected chi connectivity index (χ0v) is 14.1. The van der Waals surface area contributed by atoms with Crippen molar-refractivity contribution in [3.05, 3.63) is 20.2 Å². The van der Waals surface area contributed by atoms with E-state index in [9.17, 15) is 9.59 Å². The Balaban J connectivity index is 0.00000161. The molecule has 3 heterocycles. The van der Waals surface area contributed by atoms with Crippen molar-refractivity contribution < 1.29 is 4.79 Å². The van der Waals surface area contributed by atoms with Crippen LogP contribution >= 0.6 is 23.7 Å². The fraction of sp³-hybridized carbons (Fsp3) is 0.714. The van der Waals surface area contributed by atoms with Crippen molar-refractivity contribution in [1.29, 1.82) is 0 Å². The van der Waals surface area contributed by atoms with Gasteiger partial charge in [0.15, 0.2) is 0 Å². The second kappa shape index (κ2) is 6.50. The maximum Gasteiger partial charge on any atom is 0.307 e. The van der Waals surface area contributed by atoms with Crippen molar-refractivity contribution in [1.82, 2.24) is 14.8 Å². The standard InChI is InChI=1S/C14H21N3O2S.ClH/c1-9-10(2)20-14(19)17(9)4-3-13(18)16-7-11-5-15-6-12(11)8-16;/h11-12,15H,3-8H2,1-2H3;1H/t11-,12+;. The number of hydrogen-bond acceptors (Lipinski definition) is 4. The van der Waals surface area contributed by atoms with Gasteiger partial charge in [0.25, 0.3) is 0 Å². The number of amides is 1. The first-order valence-electron chi connectivity index (χ1n) is 7.21. The van der Waals surface area contributed by atoms with Crippen LogP contribution in [-0.2, 0) is 11.3 Å². The van der Waals surface area contributed by atoms with Gasteiger partial charge in [-0.05, 0) is 25.7 Å². The smallest absolute Gasteiger partial charge is 0.307 e. The molecule has 1 aromatic rings. The van der Waals surface area contributed by atoms with Crippen LogP contribution in [0.25, 0.3) is 0 Å². The number of carbonyl (C=O) groups excluding carboxylic acids is 1. The molecule has 0 unspecified atom stereocenters. The van der Waals surface area contributed by atoms with Crippen molar-refractivity contribution in [2.45, 2.75) is 26.8 Å². The third kappa shape index (κ3) is 3.17. The summed E-state index contributed by atoms with van der Waals surface area (Å²) >= 11 is 1.27. The van der Waals surface area contributed by atoms with Crippen LogP contribution in [0, 0.1) is 25.7 Å². The van der Waals surface area contributed by atoms with Crippen molar-refractivity contribution in [3.63, 3.8) is 0 Å². The molecule has 2 fully saturated rings. The van der Waals surface area contributed by atoms with E-state index in [2.05, 4.69) is 5.32 Å². The van der Waals surface area contributed by atoms with Gasteiger partial charge in [0.2, 0.25) is 5.91 Å². The molecule has 2 aliphatic rings. The molecule has 0 radical (unpaired) electrons. The molecule has 1 amide bonds. The van der Waals surface area contributed by atoms with E-state index in [0.717, 1.165) is 36.8 Å². The van der Waals surface area contributed by atoms with E-state index < -0.39 is 0 Å². The largest absolute Gasteiger partial charge is 0.342 e. The first-order valence-corrected chi connectivity index (χ1v) is 8.03. The van der Waals surface area contributed by atoms with E-state index in [1.165, 1.54) is 11.3 Å². The third-order valence-electron chi connectivity index (χ3n) is 4.67. The predicted molar refractivity (Wildman–Crippen MR) is 86.3 cm³/mol. The van der Waals surface area contributed by atoms with Crippen LogP contribution in [0.5, 0.6) is 0 Å². The van der Waals surface area contributed by atoms with Gasteiger partial charge in [-0.25, -0.2) is 0 Å². The Morgan fingerprint density at radius 2 is 1.90 bits per heavy atom. The molecule has 0 bridgehead atoms. The molecule has 0 aromatic carbocycles. The second-order valence-electron chi connectivity index (χ2n) is 5.89. The number of halogens is 1. The predicted octanol–water partition coefficient (Wildman–Crippen LogP) is 1.02. The van der Waals surface area contributed by atoms with Crippen molar-refractivity contribution in [3.8, 4) is 0 Å². The Labute approximate surface area is 134 Å². The molecule has 118 valence electrons. The minimum atomic E-state index is 0. The fourth-order valence-electron chi connectivity index (χ4n) is 3.27. The number of aromatic nitrogens is 1. The van der Waals surface area contributed by atoms with Gasteiger partial charge in [-0.15, -0.1) is 12.4 Å². The maximum absolute atomic E-state index is 12.3. The number of thiazole rings is 1. The molecule has 0 saturated carbocycles. The normalized spacial score (nSPS) is 24.0. The highest BCUT2D eigenvalue weighted by Crippen LogP contribution is 2.26. The van der Waals surface area contributed by atoms with E-state index in [1.54, 1.807) is 4.57 Å². The van der Waals surface area contributed by atoms with Crippen molar-refractivity contribution in [2.24, 2.45) is 11.8 Å². The SMILES string of the molecule is Cc1sc(=O)n(CCC(=O)N2C[C@H]3CNC[C@H]3C2)c1C.Cl. The summed E-state index contributed by atoms with van der Waals surface area (Å²) in [5.41, 5.74) is 0.996. The van der Waals surface area contributed by atoms with Gasteiger partial charge < -0.3 is 14.8 Å². The summed E-state index contributed by atoms with van der Waals surface area (Å²) in [4.78, 5) is 27.2. The Morgan fingerprint density at radius 1 is 1.29 bits per heavy atom. The molecule has 2 saturated heterocycles. The zero-order chi connectivity index (χ0) is 14.3. The lowest BCUT2D eigenvalue weighted by Gasteiger charge is -2.17. The molecular formula is C14H22ClN3O2S. The number of likely N-dealkylation sites (tertiary alicyclic amines) is 1. The van der Waals surface area contributed by atoms with Crippen LogP contribution in [0.15, 0.2) is 4.79 Å². The highest BCUT2D eigenvalue weighted by atomic mass is 35.5. The summed E-state index contributed by atoms with van der Waals surface area (Å²) in [7, 11) is 0. The summed E-state index contributed by atoms with van der Waals surface area (Å²) in [5.74, 6) is 1.45. The molecule has 7 heteroatoms. The van der Waals surface area contributed by atoms with Crippen LogP contribution in [-0.4, -0.2) is 41.6 Å². The molecule has 3 rings (SSSR count). The molecule has 2 aliphatic heterocycles. The number of rotatable bonds is 3. The molecule has 5 nitrogen and oxygen atoms in total. The molecule has 21 heavy (non-hydrogen) atoms. The lowest BCUT2D eigenvalue weighted by atomic mass is 10.0. The van der Waals surface area contributed by atoms with Crippen LogP contribution in [0.4, 0.5) is 0 Å². The molecule has 0 aliphatic carbocycles. The van der Waals surface area contributed by atoms with E-state index >= 15 is 0 Å². The summed E-state index contributed by atoms with van der Waals surface area (Å²) in [6, 6.07) is 0. The number of fused-ring (bicyclic) bond motifs is 1. The first-order chi connectivity index (χ1) is 9.56. The molecule has 0 spiro atoms. The number of hydrogen-bond donors (Lipinski definition) is 1. The molecule has 1 aromatic heterocycles. The number of nitrogens with one attached hydrogen (secondary N) is 1. The summed E-state index contributed by atoms with van der Waals surface area (Å²) < 4.78 is 1.73. The summed E-state index contributed by atoms with van der Waals surface area (Å²) in [6.45, 7) is 8.25. The van der Waals surface area contributed by atoms with E-state index in [1.807, 2.05) is 18.7 Å². The zero-order valence-electron chi connectivity index (χ0n) is 12.4. The Bertz CT molecular complexity index is 571. The number of aryl methyl sites for hydroxylation is 1. The van der Waals surface area contributed by atoms with Gasteiger partial charge >= 0.3 is 4.87 Å². The minimum Gasteiger partial charge on any atom is -0.342 e. The van der Waals surface area contributed by atoms with E-state index in [4.69, 9.17) is 0 Å².